The van der Waals surface area contributed by atoms with Crippen molar-refractivity contribution in [3.05, 3.63) is 45.1 Å². The maximum atomic E-state index is 11.9. The molecule has 0 radical (unpaired) electrons. The van der Waals surface area contributed by atoms with E-state index < -0.39 is 0 Å². The lowest BCUT2D eigenvalue weighted by atomic mass is 10.1. The van der Waals surface area contributed by atoms with Crippen LogP contribution >= 0.6 is 22.9 Å². The molecule has 1 aromatic heterocycles. The van der Waals surface area contributed by atoms with Crippen molar-refractivity contribution in [2.75, 3.05) is 14.2 Å². The molecule has 5 nitrogen and oxygen atoms in total. The van der Waals surface area contributed by atoms with E-state index in [-0.39, 0.29) is 24.5 Å². The Morgan fingerprint density at radius 1 is 1.08 bits per heavy atom. The first-order chi connectivity index (χ1) is 11.5. The SMILES string of the molecule is COc1ccc(CNC(=O)CCC(=O)c2ccc(Cl)s2)cc1OC. The maximum absolute atomic E-state index is 11.9. The van der Waals surface area contributed by atoms with E-state index >= 15 is 0 Å². The molecule has 1 aromatic carbocycles. The predicted octanol–water partition coefficient (Wildman–Crippen LogP) is 3.70. The molecule has 1 N–H and O–H groups in total. The monoisotopic (exact) mass is 367 g/mol. The summed E-state index contributed by atoms with van der Waals surface area (Å²) in [5.74, 6) is 0.982. The van der Waals surface area contributed by atoms with Gasteiger partial charge < -0.3 is 14.8 Å². The van der Waals surface area contributed by atoms with Crippen LogP contribution in [0.3, 0.4) is 0 Å². The van der Waals surface area contributed by atoms with Crippen LogP contribution in [0.2, 0.25) is 4.34 Å². The number of methoxy groups -OCH3 is 2. The molecule has 0 aliphatic heterocycles. The smallest absolute Gasteiger partial charge is 0.220 e. The minimum atomic E-state index is -0.180. The molecular formula is C17H18ClNO4S. The number of Topliss-reactive ketones (excluding diaryl/α,β-unsaturated/α-hetero) is 1. The van der Waals surface area contributed by atoms with Gasteiger partial charge in [-0.1, -0.05) is 17.7 Å². The van der Waals surface area contributed by atoms with Crippen molar-refractivity contribution in [2.24, 2.45) is 0 Å². The largest absolute Gasteiger partial charge is 0.493 e. The topological polar surface area (TPSA) is 64.6 Å². The standard InChI is InChI=1S/C17H18ClNO4S/c1-22-13-5-3-11(9-14(13)23-2)10-19-17(21)8-4-12(20)15-6-7-16(18)24-15/h3,5-7,9H,4,8,10H2,1-2H3,(H,19,21). The summed E-state index contributed by atoms with van der Waals surface area (Å²) in [5, 5.41) is 2.79. The average molecular weight is 368 g/mol. The summed E-state index contributed by atoms with van der Waals surface area (Å²) >= 11 is 7.02. The van der Waals surface area contributed by atoms with Gasteiger partial charge in [0.15, 0.2) is 17.3 Å². The zero-order valence-corrected chi connectivity index (χ0v) is 15.0. The molecule has 1 amide bonds. The summed E-state index contributed by atoms with van der Waals surface area (Å²) in [6, 6.07) is 8.79. The molecule has 24 heavy (non-hydrogen) atoms. The second kappa shape index (κ2) is 8.70. The van der Waals surface area contributed by atoms with E-state index in [1.54, 1.807) is 38.5 Å². The van der Waals surface area contributed by atoms with Crippen molar-refractivity contribution in [2.45, 2.75) is 19.4 Å². The van der Waals surface area contributed by atoms with Gasteiger partial charge in [-0.15, -0.1) is 11.3 Å². The first-order valence-electron chi connectivity index (χ1n) is 7.29. The number of ether oxygens (including phenoxy) is 2. The number of carbonyl (C=O) groups excluding carboxylic acids is 2. The molecule has 0 unspecified atom stereocenters. The number of hydrogen-bond donors (Lipinski definition) is 1. The van der Waals surface area contributed by atoms with E-state index in [9.17, 15) is 9.59 Å². The van der Waals surface area contributed by atoms with Crippen LogP contribution < -0.4 is 14.8 Å². The van der Waals surface area contributed by atoms with Crippen molar-refractivity contribution < 1.29 is 19.1 Å². The molecule has 1 heterocycles. The van der Waals surface area contributed by atoms with Crippen LogP contribution in [0.4, 0.5) is 0 Å². The van der Waals surface area contributed by atoms with E-state index in [1.165, 1.54) is 11.3 Å². The average Bonchev–Trinajstić information content (AvgIpc) is 3.04. The van der Waals surface area contributed by atoms with E-state index in [2.05, 4.69) is 5.32 Å². The Balaban J connectivity index is 1.82. The third-order valence-electron chi connectivity index (χ3n) is 3.36. The Morgan fingerprint density at radius 3 is 2.46 bits per heavy atom. The first-order valence-corrected chi connectivity index (χ1v) is 8.49. The zero-order valence-electron chi connectivity index (χ0n) is 13.4. The van der Waals surface area contributed by atoms with Gasteiger partial charge in [-0.05, 0) is 29.8 Å². The van der Waals surface area contributed by atoms with Crippen LogP contribution in [0.1, 0.15) is 28.1 Å². The van der Waals surface area contributed by atoms with Crippen LogP contribution in [0.25, 0.3) is 0 Å². The van der Waals surface area contributed by atoms with Crippen molar-refractivity contribution in [1.29, 1.82) is 0 Å². The van der Waals surface area contributed by atoms with Crippen molar-refractivity contribution >= 4 is 34.6 Å². The molecule has 128 valence electrons. The van der Waals surface area contributed by atoms with Gasteiger partial charge in [0.1, 0.15) is 0 Å². The van der Waals surface area contributed by atoms with Crippen LogP contribution in [0.5, 0.6) is 11.5 Å². The summed E-state index contributed by atoms with van der Waals surface area (Å²) in [7, 11) is 3.12. The molecule has 2 rings (SSSR count). The molecule has 0 atom stereocenters. The number of nitrogens with one attached hydrogen (secondary N) is 1. The highest BCUT2D eigenvalue weighted by molar-refractivity contribution is 7.18. The molecule has 2 aromatic rings. The number of benzene rings is 1. The fourth-order valence-electron chi connectivity index (χ4n) is 2.09. The summed E-state index contributed by atoms with van der Waals surface area (Å²) in [6.45, 7) is 0.359. The van der Waals surface area contributed by atoms with E-state index in [4.69, 9.17) is 21.1 Å². The summed E-state index contributed by atoms with van der Waals surface area (Å²) < 4.78 is 11.0. The van der Waals surface area contributed by atoms with Crippen molar-refractivity contribution in [1.82, 2.24) is 5.32 Å². The third-order valence-corrected chi connectivity index (χ3v) is 4.64. The lowest BCUT2D eigenvalue weighted by molar-refractivity contribution is -0.121. The molecule has 0 saturated heterocycles. The predicted molar refractivity (Wildman–Crippen MR) is 94.3 cm³/mol. The molecule has 0 aliphatic rings. The number of hydrogen-bond acceptors (Lipinski definition) is 5. The van der Waals surface area contributed by atoms with Gasteiger partial charge >= 0.3 is 0 Å². The Bertz CT molecular complexity index is 729. The van der Waals surface area contributed by atoms with Gasteiger partial charge in [-0.3, -0.25) is 9.59 Å². The Morgan fingerprint density at radius 2 is 1.83 bits per heavy atom. The lowest BCUT2D eigenvalue weighted by Crippen LogP contribution is -2.23. The normalized spacial score (nSPS) is 10.3. The minimum absolute atomic E-state index is 0.0758. The van der Waals surface area contributed by atoms with Crippen LogP contribution in [-0.4, -0.2) is 25.9 Å². The van der Waals surface area contributed by atoms with Gasteiger partial charge in [-0.25, -0.2) is 0 Å². The second-order valence-electron chi connectivity index (χ2n) is 4.99. The van der Waals surface area contributed by atoms with Crippen LogP contribution in [-0.2, 0) is 11.3 Å². The molecule has 0 bridgehead atoms. The summed E-state index contributed by atoms with van der Waals surface area (Å²) in [6.07, 6.45) is 0.302. The first kappa shape index (κ1) is 18.3. The molecular weight excluding hydrogens is 350 g/mol. The van der Waals surface area contributed by atoms with Gasteiger partial charge in [0, 0.05) is 19.4 Å². The highest BCUT2D eigenvalue weighted by Gasteiger charge is 2.12. The minimum Gasteiger partial charge on any atom is -0.493 e. The van der Waals surface area contributed by atoms with Crippen LogP contribution in [0, 0.1) is 0 Å². The number of halogens is 1. The van der Waals surface area contributed by atoms with E-state index in [1.807, 2.05) is 6.07 Å². The Labute approximate surface area is 149 Å². The van der Waals surface area contributed by atoms with Gasteiger partial charge in [0.05, 0.1) is 23.4 Å². The zero-order chi connectivity index (χ0) is 17.5. The number of amides is 1. The number of rotatable bonds is 8. The number of ketones is 1. The molecule has 0 fully saturated rings. The Hall–Kier alpha value is -2.05. The molecule has 0 aliphatic carbocycles. The summed E-state index contributed by atoms with van der Waals surface area (Å²) in [5.41, 5.74) is 0.886. The van der Waals surface area contributed by atoms with Gasteiger partial charge in [0.2, 0.25) is 5.91 Å². The highest BCUT2D eigenvalue weighted by Crippen LogP contribution is 2.27. The van der Waals surface area contributed by atoms with E-state index in [0.717, 1.165) is 5.56 Å². The van der Waals surface area contributed by atoms with Crippen molar-refractivity contribution in [3.8, 4) is 11.5 Å². The maximum Gasteiger partial charge on any atom is 0.220 e. The van der Waals surface area contributed by atoms with Crippen LogP contribution in [0.15, 0.2) is 30.3 Å². The highest BCUT2D eigenvalue weighted by atomic mass is 35.5. The van der Waals surface area contributed by atoms with Gasteiger partial charge in [-0.2, -0.15) is 0 Å². The second-order valence-corrected chi connectivity index (χ2v) is 6.71. The lowest BCUT2D eigenvalue weighted by Gasteiger charge is -2.10. The molecule has 0 spiro atoms. The number of carbonyl (C=O) groups is 2. The summed E-state index contributed by atoms with van der Waals surface area (Å²) in [4.78, 5) is 24.4. The Kier molecular flexibility index (Phi) is 6.63. The van der Waals surface area contributed by atoms with E-state index in [0.29, 0.717) is 27.3 Å². The fraction of sp³-hybridized carbons (Fsp3) is 0.294. The quantitative estimate of drug-likeness (QED) is 0.722. The molecule has 0 saturated carbocycles. The fourth-order valence-corrected chi connectivity index (χ4v) is 3.10. The van der Waals surface area contributed by atoms with Crippen molar-refractivity contribution in [3.63, 3.8) is 0 Å². The third kappa shape index (κ3) is 4.97. The molecule has 7 heteroatoms. The van der Waals surface area contributed by atoms with Gasteiger partial charge in [0.25, 0.3) is 0 Å². The number of thiophene rings is 1.